The number of fused-ring (bicyclic) bond motifs is 1. The summed E-state index contributed by atoms with van der Waals surface area (Å²) in [5.41, 5.74) is -0.736. The van der Waals surface area contributed by atoms with Crippen LogP contribution in [0.5, 0.6) is 11.6 Å². The van der Waals surface area contributed by atoms with Crippen LogP contribution in [0.3, 0.4) is 0 Å². The summed E-state index contributed by atoms with van der Waals surface area (Å²) in [4.78, 5) is 30.3. The molecular weight excluding hydrogens is 355 g/mol. The normalized spacial score (nSPS) is 23.9. The van der Waals surface area contributed by atoms with E-state index in [4.69, 9.17) is 9.47 Å². The van der Waals surface area contributed by atoms with Gasteiger partial charge in [0.1, 0.15) is 12.1 Å². The Hall–Kier alpha value is -3.00. The van der Waals surface area contributed by atoms with Crippen molar-refractivity contribution in [3.8, 4) is 11.6 Å². The monoisotopic (exact) mass is 372 g/mol. The smallest absolute Gasteiger partial charge is 0.311 e. The molecule has 0 saturated carbocycles. The van der Waals surface area contributed by atoms with Gasteiger partial charge in [-0.25, -0.2) is 9.37 Å². The zero-order valence-corrected chi connectivity index (χ0v) is 14.3. The number of carbonyl (C=O) groups excluding carboxylic acids is 2. The largest absolute Gasteiger partial charge is 0.463 e. The van der Waals surface area contributed by atoms with Crippen molar-refractivity contribution >= 4 is 11.9 Å². The lowest BCUT2D eigenvalue weighted by Crippen LogP contribution is -2.54. The van der Waals surface area contributed by atoms with Gasteiger partial charge in [-0.05, 0) is 24.6 Å². The Morgan fingerprint density at radius 2 is 2.19 bits per heavy atom. The number of hydrogen-bond donors (Lipinski definition) is 1. The summed E-state index contributed by atoms with van der Waals surface area (Å²) in [6.07, 6.45) is 1.78. The number of esters is 1. The number of halogens is 1. The zero-order chi connectivity index (χ0) is 19.0. The summed E-state index contributed by atoms with van der Waals surface area (Å²) in [5.74, 6) is -1.58. The summed E-state index contributed by atoms with van der Waals surface area (Å²) in [6.45, 7) is -0.00958. The fraction of sp³-hybridized carbons (Fsp3) is 0.316. The lowest BCUT2D eigenvalue weighted by molar-refractivity contribution is -0.141. The average molecular weight is 372 g/mol. The quantitative estimate of drug-likeness (QED) is 0.823. The first-order chi connectivity index (χ1) is 13.0. The van der Waals surface area contributed by atoms with E-state index in [1.54, 1.807) is 12.1 Å². The number of para-hydroxylation sites is 1. The van der Waals surface area contributed by atoms with Crippen molar-refractivity contribution in [3.63, 3.8) is 0 Å². The van der Waals surface area contributed by atoms with Gasteiger partial charge in [-0.15, -0.1) is 0 Å². The Balaban J connectivity index is 1.53. The molecular formula is C19H17FN2O5. The molecule has 4 rings (SSSR count). The maximum Gasteiger partial charge on any atom is 0.311 e. The molecule has 1 aromatic heterocycles. The lowest BCUT2D eigenvalue weighted by Gasteiger charge is -2.34. The van der Waals surface area contributed by atoms with Gasteiger partial charge in [0.2, 0.25) is 5.88 Å². The van der Waals surface area contributed by atoms with Crippen molar-refractivity contribution in [2.75, 3.05) is 19.8 Å². The summed E-state index contributed by atoms with van der Waals surface area (Å²) in [7, 11) is 0. The van der Waals surface area contributed by atoms with E-state index >= 15 is 0 Å². The lowest BCUT2D eigenvalue weighted by atomic mass is 9.88. The number of amides is 1. The van der Waals surface area contributed by atoms with Crippen LogP contribution in [-0.2, 0) is 9.53 Å². The van der Waals surface area contributed by atoms with E-state index in [0.717, 1.165) is 0 Å². The molecule has 1 N–H and O–H groups in total. The minimum atomic E-state index is -1.02. The maximum absolute atomic E-state index is 13.6. The standard InChI is InChI=1S/C19H17FN2O5/c20-14-3-1-2-4-15(14)27-16-6-5-12(9-21-16)17(24)22-8-7-13-18(25)26-11-19(13,22)10-23/h1-6,9,13,23H,7-8,10-11H2/t13-,19+/m1/s1. The topological polar surface area (TPSA) is 89.0 Å². The Morgan fingerprint density at radius 1 is 1.37 bits per heavy atom. The second kappa shape index (κ2) is 6.62. The van der Waals surface area contributed by atoms with Gasteiger partial charge in [0, 0.05) is 18.8 Å². The number of rotatable bonds is 4. The molecule has 0 spiro atoms. The number of ether oxygens (including phenoxy) is 2. The van der Waals surface area contributed by atoms with Gasteiger partial charge in [0.05, 0.1) is 18.1 Å². The molecule has 0 unspecified atom stereocenters. The van der Waals surface area contributed by atoms with E-state index < -0.39 is 17.3 Å². The van der Waals surface area contributed by atoms with E-state index in [2.05, 4.69) is 4.98 Å². The number of likely N-dealkylation sites (tertiary alicyclic amines) is 1. The first-order valence-electron chi connectivity index (χ1n) is 8.53. The average Bonchev–Trinajstić information content (AvgIpc) is 3.22. The van der Waals surface area contributed by atoms with Crippen LogP contribution in [0.2, 0.25) is 0 Å². The number of aliphatic hydroxyl groups is 1. The van der Waals surface area contributed by atoms with Gasteiger partial charge in [0.15, 0.2) is 11.6 Å². The molecule has 2 aliphatic rings. The van der Waals surface area contributed by atoms with E-state index in [-0.39, 0.29) is 42.3 Å². The van der Waals surface area contributed by atoms with Crippen molar-refractivity contribution in [1.82, 2.24) is 9.88 Å². The van der Waals surface area contributed by atoms with Crippen LogP contribution < -0.4 is 4.74 Å². The van der Waals surface area contributed by atoms with Crippen LogP contribution in [0, 0.1) is 11.7 Å². The van der Waals surface area contributed by atoms with Crippen LogP contribution >= 0.6 is 0 Å². The molecule has 0 aliphatic carbocycles. The minimum absolute atomic E-state index is 0.0132. The third kappa shape index (κ3) is 2.82. The number of cyclic esters (lactones) is 1. The summed E-state index contributed by atoms with van der Waals surface area (Å²) in [6, 6.07) is 8.92. The third-order valence-electron chi connectivity index (χ3n) is 5.13. The predicted molar refractivity (Wildman–Crippen MR) is 90.6 cm³/mol. The molecule has 8 heteroatoms. The molecule has 27 heavy (non-hydrogen) atoms. The highest BCUT2D eigenvalue weighted by Crippen LogP contribution is 2.41. The van der Waals surface area contributed by atoms with E-state index in [1.807, 2.05) is 0 Å². The van der Waals surface area contributed by atoms with Gasteiger partial charge >= 0.3 is 5.97 Å². The molecule has 0 bridgehead atoms. The Morgan fingerprint density at radius 3 is 2.89 bits per heavy atom. The second-order valence-electron chi connectivity index (χ2n) is 6.59. The number of carbonyl (C=O) groups is 2. The first-order valence-corrected chi connectivity index (χ1v) is 8.53. The Labute approximate surface area is 154 Å². The van der Waals surface area contributed by atoms with Crippen molar-refractivity contribution in [2.45, 2.75) is 12.0 Å². The molecule has 2 aromatic rings. The zero-order valence-electron chi connectivity index (χ0n) is 14.3. The molecule has 2 aliphatic heterocycles. The van der Waals surface area contributed by atoms with E-state index in [1.165, 1.54) is 35.4 Å². The fourth-order valence-electron chi connectivity index (χ4n) is 3.66. The highest BCUT2D eigenvalue weighted by Gasteiger charge is 2.59. The Bertz CT molecular complexity index is 888. The van der Waals surface area contributed by atoms with Crippen molar-refractivity contribution < 1.29 is 28.6 Å². The van der Waals surface area contributed by atoms with Crippen molar-refractivity contribution in [1.29, 1.82) is 0 Å². The number of aliphatic hydroxyl groups excluding tert-OH is 1. The van der Waals surface area contributed by atoms with Gasteiger partial charge in [-0.2, -0.15) is 0 Å². The molecule has 1 aromatic carbocycles. The Kier molecular flexibility index (Phi) is 4.27. The first kappa shape index (κ1) is 17.4. The van der Waals surface area contributed by atoms with Gasteiger partial charge in [-0.1, -0.05) is 12.1 Å². The number of benzene rings is 1. The van der Waals surface area contributed by atoms with Crippen LogP contribution in [0.25, 0.3) is 0 Å². The van der Waals surface area contributed by atoms with E-state index in [0.29, 0.717) is 13.0 Å². The number of hydrogen-bond acceptors (Lipinski definition) is 6. The third-order valence-corrected chi connectivity index (χ3v) is 5.13. The number of nitrogens with zero attached hydrogens (tertiary/aromatic N) is 2. The van der Waals surface area contributed by atoms with Crippen LogP contribution in [0.15, 0.2) is 42.6 Å². The summed E-state index contributed by atoms with van der Waals surface area (Å²) in [5, 5.41) is 9.85. The van der Waals surface area contributed by atoms with Crippen molar-refractivity contribution in [2.24, 2.45) is 5.92 Å². The highest BCUT2D eigenvalue weighted by atomic mass is 19.1. The van der Waals surface area contributed by atoms with Gasteiger partial charge in [-0.3, -0.25) is 9.59 Å². The molecule has 2 atom stereocenters. The summed E-state index contributed by atoms with van der Waals surface area (Å²) >= 11 is 0. The number of pyridine rings is 1. The van der Waals surface area contributed by atoms with Crippen LogP contribution in [0.1, 0.15) is 16.8 Å². The van der Waals surface area contributed by atoms with Crippen LogP contribution in [0.4, 0.5) is 4.39 Å². The van der Waals surface area contributed by atoms with Gasteiger partial charge in [0.25, 0.3) is 5.91 Å². The molecule has 2 fully saturated rings. The van der Waals surface area contributed by atoms with Crippen molar-refractivity contribution in [3.05, 3.63) is 54.0 Å². The molecule has 7 nitrogen and oxygen atoms in total. The number of aromatic nitrogens is 1. The molecule has 1 amide bonds. The molecule has 2 saturated heterocycles. The molecule has 0 radical (unpaired) electrons. The second-order valence-corrected chi connectivity index (χ2v) is 6.59. The molecule has 3 heterocycles. The minimum Gasteiger partial charge on any atom is -0.463 e. The summed E-state index contributed by atoms with van der Waals surface area (Å²) < 4.78 is 24.1. The maximum atomic E-state index is 13.6. The van der Waals surface area contributed by atoms with Crippen LogP contribution in [-0.4, -0.2) is 52.2 Å². The van der Waals surface area contributed by atoms with Gasteiger partial charge < -0.3 is 19.5 Å². The SMILES string of the molecule is O=C1OC[C@@]2(CO)[C@@H]1CCN2C(=O)c1ccc(Oc2ccccc2F)nc1. The highest BCUT2D eigenvalue weighted by molar-refractivity contribution is 5.96. The fourth-order valence-corrected chi connectivity index (χ4v) is 3.66. The van der Waals surface area contributed by atoms with E-state index in [9.17, 15) is 19.1 Å². The predicted octanol–water partition coefficient (Wildman–Crippen LogP) is 1.76. The molecule has 140 valence electrons.